The Kier molecular flexibility index (Phi) is 7.93. The van der Waals surface area contributed by atoms with Crippen molar-refractivity contribution < 1.29 is 0 Å². The zero-order valence-electron chi connectivity index (χ0n) is 9.86. The maximum Gasteiger partial charge on any atom is 0.00750 e. The van der Waals surface area contributed by atoms with E-state index in [2.05, 4.69) is 39.5 Å². The molecule has 0 rings (SSSR count). The lowest BCUT2D eigenvalue weighted by Crippen LogP contribution is -2.08. The van der Waals surface area contributed by atoms with Crippen LogP contribution in [0.2, 0.25) is 0 Å². The molecule has 0 aromatic carbocycles. The summed E-state index contributed by atoms with van der Waals surface area (Å²) in [7, 11) is 0. The molecule has 0 fully saturated rings. The van der Waals surface area contributed by atoms with E-state index >= 15 is 0 Å². The summed E-state index contributed by atoms with van der Waals surface area (Å²) in [4.78, 5) is 0. The summed E-state index contributed by atoms with van der Waals surface area (Å²) in [5.41, 5.74) is 0. The first-order chi connectivity index (χ1) is 6.06. The molecule has 0 N–H and O–H groups in total. The zero-order chi connectivity index (χ0) is 10.2. The summed E-state index contributed by atoms with van der Waals surface area (Å²) < 4.78 is 0.462. The maximum atomic E-state index is 2.30. The van der Waals surface area contributed by atoms with Crippen molar-refractivity contribution in [2.45, 2.75) is 71.0 Å². The minimum Gasteiger partial charge on any atom is -0.156 e. The van der Waals surface area contributed by atoms with Crippen molar-refractivity contribution in [1.29, 1.82) is 0 Å². The van der Waals surface area contributed by atoms with Gasteiger partial charge < -0.3 is 0 Å². The molecule has 0 bridgehead atoms. The van der Waals surface area contributed by atoms with Gasteiger partial charge in [0.1, 0.15) is 0 Å². The van der Waals surface area contributed by atoms with Gasteiger partial charge in [-0.15, -0.1) is 0 Å². The summed E-state index contributed by atoms with van der Waals surface area (Å²) >= 11 is 2.10. The van der Waals surface area contributed by atoms with Crippen molar-refractivity contribution in [1.82, 2.24) is 0 Å². The second kappa shape index (κ2) is 7.73. The molecule has 0 aliphatic rings. The molecule has 0 spiro atoms. The number of hydrogen-bond donors (Lipinski definition) is 0. The summed E-state index contributed by atoms with van der Waals surface area (Å²) in [5, 5.41) is 0. The summed E-state index contributed by atoms with van der Waals surface area (Å²) in [6, 6.07) is 0. The van der Waals surface area contributed by atoms with Gasteiger partial charge in [-0.1, -0.05) is 59.8 Å². The average Bonchev–Trinajstić information content (AvgIpc) is 2.01. The van der Waals surface area contributed by atoms with E-state index in [1.54, 1.807) is 0 Å². The standard InChI is InChI=1S/C12H26S/c1-5-6-7-8-9-10-11-13-12(2,3)4/h5-11H2,1-4H3. The van der Waals surface area contributed by atoms with Gasteiger partial charge in [-0.2, -0.15) is 11.8 Å². The number of hydrogen-bond acceptors (Lipinski definition) is 1. The molecule has 0 aliphatic carbocycles. The Morgan fingerprint density at radius 3 is 1.92 bits per heavy atom. The fourth-order valence-corrected chi connectivity index (χ4v) is 2.22. The summed E-state index contributed by atoms with van der Waals surface area (Å²) in [6.45, 7) is 9.17. The van der Waals surface area contributed by atoms with Gasteiger partial charge in [0.15, 0.2) is 0 Å². The minimum atomic E-state index is 0.462. The van der Waals surface area contributed by atoms with Crippen molar-refractivity contribution in [3.05, 3.63) is 0 Å². The Morgan fingerprint density at radius 2 is 1.38 bits per heavy atom. The molecule has 0 heterocycles. The van der Waals surface area contributed by atoms with Crippen molar-refractivity contribution in [3.8, 4) is 0 Å². The van der Waals surface area contributed by atoms with Crippen LogP contribution in [0.3, 0.4) is 0 Å². The molecule has 0 radical (unpaired) electrons. The third kappa shape index (κ3) is 12.4. The highest BCUT2D eigenvalue weighted by Crippen LogP contribution is 2.24. The third-order valence-electron chi connectivity index (χ3n) is 2.03. The molecule has 0 atom stereocenters. The lowest BCUT2D eigenvalue weighted by atomic mass is 10.1. The monoisotopic (exact) mass is 202 g/mol. The van der Waals surface area contributed by atoms with Crippen LogP contribution >= 0.6 is 11.8 Å². The molecule has 0 unspecified atom stereocenters. The second-order valence-corrected chi connectivity index (χ2v) is 6.65. The average molecular weight is 202 g/mol. The molecule has 80 valence electrons. The van der Waals surface area contributed by atoms with Gasteiger partial charge in [-0.3, -0.25) is 0 Å². The number of unbranched alkanes of at least 4 members (excludes halogenated alkanes) is 5. The molecule has 0 nitrogen and oxygen atoms in total. The lowest BCUT2D eigenvalue weighted by Gasteiger charge is -2.17. The molecule has 0 amide bonds. The smallest absolute Gasteiger partial charge is 0.00750 e. The zero-order valence-corrected chi connectivity index (χ0v) is 10.7. The van der Waals surface area contributed by atoms with E-state index in [0.717, 1.165) is 0 Å². The van der Waals surface area contributed by atoms with E-state index in [0.29, 0.717) is 4.75 Å². The Bertz CT molecular complexity index is 102. The first kappa shape index (κ1) is 13.4. The fraction of sp³-hybridized carbons (Fsp3) is 1.00. The van der Waals surface area contributed by atoms with Crippen LogP contribution in [0.4, 0.5) is 0 Å². The SMILES string of the molecule is CCCCCCCCSC(C)(C)C. The van der Waals surface area contributed by atoms with Crippen LogP contribution in [0.1, 0.15) is 66.2 Å². The van der Waals surface area contributed by atoms with Gasteiger partial charge in [0.05, 0.1) is 0 Å². The first-order valence-corrected chi connectivity index (χ1v) is 6.69. The molecule has 1 heteroatoms. The van der Waals surface area contributed by atoms with E-state index in [-0.39, 0.29) is 0 Å². The van der Waals surface area contributed by atoms with Crippen LogP contribution in [0.5, 0.6) is 0 Å². The third-order valence-corrected chi connectivity index (χ3v) is 3.39. The van der Waals surface area contributed by atoms with Crippen LogP contribution in [-0.4, -0.2) is 10.5 Å². The number of rotatable bonds is 7. The van der Waals surface area contributed by atoms with Gasteiger partial charge in [-0.05, 0) is 12.2 Å². The summed E-state index contributed by atoms with van der Waals surface area (Å²) in [6.07, 6.45) is 8.51. The summed E-state index contributed by atoms with van der Waals surface area (Å²) in [5.74, 6) is 1.34. The highest BCUT2D eigenvalue weighted by molar-refractivity contribution is 8.00. The van der Waals surface area contributed by atoms with Crippen LogP contribution < -0.4 is 0 Å². The predicted octanol–water partition coefficient (Wildman–Crippen LogP) is 4.88. The van der Waals surface area contributed by atoms with Gasteiger partial charge in [0.25, 0.3) is 0 Å². The molecule has 0 saturated heterocycles. The van der Waals surface area contributed by atoms with Crippen LogP contribution in [0.15, 0.2) is 0 Å². The topological polar surface area (TPSA) is 0 Å². The van der Waals surface area contributed by atoms with Crippen LogP contribution in [0.25, 0.3) is 0 Å². The van der Waals surface area contributed by atoms with E-state index in [4.69, 9.17) is 0 Å². The molecular weight excluding hydrogens is 176 g/mol. The normalized spacial score (nSPS) is 12.0. The van der Waals surface area contributed by atoms with E-state index in [1.165, 1.54) is 44.3 Å². The quantitative estimate of drug-likeness (QED) is 0.530. The van der Waals surface area contributed by atoms with Crippen molar-refractivity contribution in [2.24, 2.45) is 0 Å². The Balaban J connectivity index is 3.00. The Labute approximate surface area is 88.9 Å². The molecule has 0 saturated carbocycles. The molecule has 13 heavy (non-hydrogen) atoms. The van der Waals surface area contributed by atoms with Crippen molar-refractivity contribution in [3.63, 3.8) is 0 Å². The predicted molar refractivity (Wildman–Crippen MR) is 65.6 cm³/mol. The van der Waals surface area contributed by atoms with Crippen molar-refractivity contribution >= 4 is 11.8 Å². The Hall–Kier alpha value is 0.350. The van der Waals surface area contributed by atoms with Crippen molar-refractivity contribution in [2.75, 3.05) is 5.75 Å². The molecular formula is C12H26S. The van der Waals surface area contributed by atoms with E-state index in [9.17, 15) is 0 Å². The van der Waals surface area contributed by atoms with E-state index < -0.39 is 0 Å². The molecule has 0 aromatic heterocycles. The minimum absolute atomic E-state index is 0.462. The molecule has 0 aromatic rings. The highest BCUT2D eigenvalue weighted by Gasteiger charge is 2.08. The van der Waals surface area contributed by atoms with Gasteiger partial charge in [0, 0.05) is 4.75 Å². The highest BCUT2D eigenvalue weighted by atomic mass is 32.2. The first-order valence-electron chi connectivity index (χ1n) is 5.70. The lowest BCUT2D eigenvalue weighted by molar-refractivity contribution is 0.626. The van der Waals surface area contributed by atoms with Crippen LogP contribution in [-0.2, 0) is 0 Å². The van der Waals surface area contributed by atoms with Gasteiger partial charge >= 0.3 is 0 Å². The van der Waals surface area contributed by atoms with E-state index in [1.807, 2.05) is 0 Å². The fourth-order valence-electron chi connectivity index (χ4n) is 1.26. The number of thioether (sulfide) groups is 1. The largest absolute Gasteiger partial charge is 0.156 e. The Morgan fingerprint density at radius 1 is 0.846 bits per heavy atom. The molecule has 0 aliphatic heterocycles. The second-order valence-electron chi connectivity index (χ2n) is 4.73. The van der Waals surface area contributed by atoms with Gasteiger partial charge in [0.2, 0.25) is 0 Å². The van der Waals surface area contributed by atoms with Crippen LogP contribution in [0, 0.1) is 0 Å². The maximum absolute atomic E-state index is 2.30. The van der Waals surface area contributed by atoms with Gasteiger partial charge in [-0.25, -0.2) is 0 Å².